The zero-order valence-electron chi connectivity index (χ0n) is 8.90. The molecule has 0 saturated heterocycles. The highest BCUT2D eigenvalue weighted by molar-refractivity contribution is 5.74. The summed E-state index contributed by atoms with van der Waals surface area (Å²) in [6, 6.07) is 3.65. The number of hydrogen-bond acceptors (Lipinski definition) is 3. The van der Waals surface area contributed by atoms with Crippen LogP contribution in [0.15, 0.2) is 18.3 Å². The summed E-state index contributed by atoms with van der Waals surface area (Å²) < 4.78 is 0. The summed E-state index contributed by atoms with van der Waals surface area (Å²) in [4.78, 5) is 16.7. The molecule has 0 atom stereocenters. The van der Waals surface area contributed by atoms with E-state index in [-0.39, 0.29) is 0 Å². The Morgan fingerprint density at radius 1 is 1.50 bits per heavy atom. The Kier molecular flexibility index (Phi) is 3.63. The molecule has 0 N–H and O–H groups in total. The number of aldehydes is 1. The minimum absolute atomic E-state index is 0.604. The number of carbonyl (C=O) groups is 1. The number of anilines is 1. The molecule has 0 unspecified atom stereocenters. The van der Waals surface area contributed by atoms with Crippen LogP contribution in [-0.2, 0) is 0 Å². The lowest BCUT2D eigenvalue weighted by atomic mass is 10.2. The summed E-state index contributed by atoms with van der Waals surface area (Å²) in [6.45, 7) is 5.29. The van der Waals surface area contributed by atoms with Crippen LogP contribution in [0.25, 0.3) is 0 Å². The first kappa shape index (κ1) is 10.7. The van der Waals surface area contributed by atoms with Crippen molar-refractivity contribution in [2.24, 2.45) is 5.92 Å². The van der Waals surface area contributed by atoms with Gasteiger partial charge >= 0.3 is 0 Å². The second-order valence-electron chi connectivity index (χ2n) is 3.84. The maximum absolute atomic E-state index is 10.4. The molecule has 0 spiro atoms. The van der Waals surface area contributed by atoms with E-state index in [2.05, 4.69) is 23.7 Å². The molecule has 1 aromatic heterocycles. The first-order chi connectivity index (χ1) is 6.63. The van der Waals surface area contributed by atoms with Crippen LogP contribution in [0, 0.1) is 5.92 Å². The van der Waals surface area contributed by atoms with E-state index < -0.39 is 0 Å². The van der Waals surface area contributed by atoms with Gasteiger partial charge in [0.1, 0.15) is 5.82 Å². The maximum atomic E-state index is 10.4. The highest BCUT2D eigenvalue weighted by Gasteiger charge is 2.03. The monoisotopic (exact) mass is 192 g/mol. The van der Waals surface area contributed by atoms with Gasteiger partial charge in [-0.3, -0.25) is 4.79 Å². The first-order valence-corrected chi connectivity index (χ1v) is 4.76. The van der Waals surface area contributed by atoms with Crippen molar-refractivity contribution in [1.29, 1.82) is 0 Å². The Labute approximate surface area is 84.8 Å². The maximum Gasteiger partial charge on any atom is 0.151 e. The van der Waals surface area contributed by atoms with Gasteiger partial charge in [-0.1, -0.05) is 13.8 Å². The van der Waals surface area contributed by atoms with Crippen LogP contribution in [0.1, 0.15) is 24.2 Å². The Balaban J connectivity index is 2.71. The minimum Gasteiger partial charge on any atom is -0.359 e. The van der Waals surface area contributed by atoms with Crippen molar-refractivity contribution < 1.29 is 4.79 Å². The van der Waals surface area contributed by atoms with Crippen molar-refractivity contribution in [2.45, 2.75) is 13.8 Å². The Hall–Kier alpha value is -1.38. The third-order valence-electron chi connectivity index (χ3n) is 1.94. The summed E-state index contributed by atoms with van der Waals surface area (Å²) in [7, 11) is 2.00. The van der Waals surface area contributed by atoms with Crippen LogP contribution < -0.4 is 4.90 Å². The largest absolute Gasteiger partial charge is 0.359 e. The molecule has 0 bridgehead atoms. The van der Waals surface area contributed by atoms with Crippen molar-refractivity contribution in [3.05, 3.63) is 23.9 Å². The molecule has 0 aromatic carbocycles. The lowest BCUT2D eigenvalue weighted by molar-refractivity contribution is 0.112. The average molecular weight is 192 g/mol. The second kappa shape index (κ2) is 4.74. The molecule has 0 aliphatic heterocycles. The number of rotatable bonds is 4. The molecule has 0 aliphatic carbocycles. The van der Waals surface area contributed by atoms with Crippen molar-refractivity contribution in [3.63, 3.8) is 0 Å². The van der Waals surface area contributed by atoms with E-state index >= 15 is 0 Å². The van der Waals surface area contributed by atoms with Crippen molar-refractivity contribution in [1.82, 2.24) is 4.98 Å². The molecule has 0 saturated carbocycles. The van der Waals surface area contributed by atoms with Crippen LogP contribution in [-0.4, -0.2) is 24.9 Å². The highest BCUT2D eigenvalue weighted by atomic mass is 16.1. The van der Waals surface area contributed by atoms with Gasteiger partial charge < -0.3 is 4.90 Å². The van der Waals surface area contributed by atoms with Gasteiger partial charge in [0.05, 0.1) is 0 Å². The molecule has 1 rings (SSSR count). The van der Waals surface area contributed by atoms with Gasteiger partial charge in [0.15, 0.2) is 6.29 Å². The lowest BCUT2D eigenvalue weighted by Crippen LogP contribution is -2.23. The third-order valence-corrected chi connectivity index (χ3v) is 1.94. The van der Waals surface area contributed by atoms with Crippen molar-refractivity contribution in [3.8, 4) is 0 Å². The number of carbonyl (C=O) groups excluding carboxylic acids is 1. The number of hydrogen-bond donors (Lipinski definition) is 0. The molecule has 14 heavy (non-hydrogen) atoms. The lowest BCUT2D eigenvalue weighted by Gasteiger charge is -2.20. The molecule has 0 radical (unpaired) electrons. The summed E-state index contributed by atoms with van der Waals surface area (Å²) in [5.41, 5.74) is 0.617. The van der Waals surface area contributed by atoms with E-state index in [4.69, 9.17) is 0 Å². The topological polar surface area (TPSA) is 33.2 Å². The number of nitrogens with zero attached hydrogens (tertiary/aromatic N) is 2. The van der Waals surface area contributed by atoms with Gasteiger partial charge in [0.2, 0.25) is 0 Å². The standard InChI is InChI=1S/C11H16N2O/c1-9(2)7-13(3)11-5-4-10(8-14)6-12-11/h4-6,8-9H,7H2,1-3H3. The fourth-order valence-corrected chi connectivity index (χ4v) is 1.33. The Bertz CT molecular complexity index is 293. The van der Waals surface area contributed by atoms with Crippen LogP contribution in [0.4, 0.5) is 5.82 Å². The van der Waals surface area contributed by atoms with E-state index in [9.17, 15) is 4.79 Å². The summed E-state index contributed by atoms with van der Waals surface area (Å²) in [5.74, 6) is 1.51. The second-order valence-corrected chi connectivity index (χ2v) is 3.84. The van der Waals surface area contributed by atoms with Crippen molar-refractivity contribution in [2.75, 3.05) is 18.5 Å². The van der Waals surface area contributed by atoms with Gasteiger partial charge in [0.25, 0.3) is 0 Å². The molecule has 0 fully saturated rings. The summed E-state index contributed by atoms with van der Waals surface area (Å²) >= 11 is 0. The minimum atomic E-state index is 0.604. The van der Waals surface area contributed by atoms with E-state index in [1.165, 1.54) is 0 Å². The summed E-state index contributed by atoms with van der Waals surface area (Å²) in [5, 5.41) is 0. The average Bonchev–Trinajstić information content (AvgIpc) is 2.17. The van der Waals surface area contributed by atoms with Crippen LogP contribution >= 0.6 is 0 Å². The summed E-state index contributed by atoms with van der Waals surface area (Å²) in [6.07, 6.45) is 2.40. The van der Waals surface area contributed by atoms with E-state index in [0.29, 0.717) is 11.5 Å². The molecule has 0 aliphatic rings. The van der Waals surface area contributed by atoms with Gasteiger partial charge in [-0.25, -0.2) is 4.98 Å². The normalized spacial score (nSPS) is 10.3. The van der Waals surface area contributed by atoms with Gasteiger partial charge in [-0.05, 0) is 18.1 Å². The van der Waals surface area contributed by atoms with Gasteiger partial charge in [-0.2, -0.15) is 0 Å². The molecule has 1 heterocycles. The molecular weight excluding hydrogens is 176 g/mol. The molecule has 1 aromatic rings. The zero-order chi connectivity index (χ0) is 10.6. The highest BCUT2D eigenvalue weighted by Crippen LogP contribution is 2.10. The molecule has 76 valence electrons. The van der Waals surface area contributed by atoms with E-state index in [1.54, 1.807) is 12.3 Å². The molecular formula is C11H16N2O. The predicted octanol–water partition coefficient (Wildman–Crippen LogP) is 1.99. The number of pyridine rings is 1. The fourth-order valence-electron chi connectivity index (χ4n) is 1.33. The number of aromatic nitrogens is 1. The van der Waals surface area contributed by atoms with Gasteiger partial charge in [0, 0.05) is 25.4 Å². The first-order valence-electron chi connectivity index (χ1n) is 4.76. The quantitative estimate of drug-likeness (QED) is 0.684. The van der Waals surface area contributed by atoms with Gasteiger partial charge in [-0.15, -0.1) is 0 Å². The Morgan fingerprint density at radius 2 is 2.21 bits per heavy atom. The van der Waals surface area contributed by atoms with Crippen LogP contribution in [0.5, 0.6) is 0 Å². The van der Waals surface area contributed by atoms with Crippen molar-refractivity contribution >= 4 is 12.1 Å². The third kappa shape index (κ3) is 2.83. The van der Waals surface area contributed by atoms with Crippen LogP contribution in [0.2, 0.25) is 0 Å². The molecule has 3 nitrogen and oxygen atoms in total. The Morgan fingerprint density at radius 3 is 2.64 bits per heavy atom. The predicted molar refractivity (Wildman–Crippen MR) is 57.7 cm³/mol. The molecule has 3 heteroatoms. The van der Waals surface area contributed by atoms with E-state index in [1.807, 2.05) is 13.1 Å². The smallest absolute Gasteiger partial charge is 0.151 e. The fraction of sp³-hybridized carbons (Fsp3) is 0.455. The van der Waals surface area contributed by atoms with E-state index in [0.717, 1.165) is 18.6 Å². The SMILES string of the molecule is CC(C)CN(C)c1ccc(C=O)cn1. The van der Waals surface area contributed by atoms with Crippen LogP contribution in [0.3, 0.4) is 0 Å². The molecule has 0 amide bonds. The zero-order valence-corrected chi connectivity index (χ0v) is 8.90.